The first-order valence-corrected chi connectivity index (χ1v) is 8.56. The highest BCUT2D eigenvalue weighted by Gasteiger charge is 2.22. The Hall–Kier alpha value is -2.82. The van der Waals surface area contributed by atoms with Gasteiger partial charge in [0, 0.05) is 5.39 Å². The largest absolute Gasteiger partial charge is 0.508 e. The van der Waals surface area contributed by atoms with Gasteiger partial charge < -0.3 is 9.84 Å². The van der Waals surface area contributed by atoms with Crippen LogP contribution in [0.2, 0.25) is 0 Å². The molecule has 1 fully saturated rings. The number of fused-ring (bicyclic) bond motifs is 1. The predicted octanol–water partition coefficient (Wildman–Crippen LogP) is 4.31. The number of phenolic OH excluding ortho intramolecular Hbond substituents is 1. The van der Waals surface area contributed by atoms with Crippen molar-refractivity contribution < 1.29 is 14.6 Å². The van der Waals surface area contributed by atoms with Gasteiger partial charge in [0.2, 0.25) is 0 Å². The Labute approximate surface area is 145 Å². The molecule has 0 spiro atoms. The Kier molecular flexibility index (Phi) is 3.92. The number of rotatable bonds is 3. The van der Waals surface area contributed by atoms with Crippen LogP contribution in [-0.2, 0) is 4.74 Å². The van der Waals surface area contributed by atoms with Crippen molar-refractivity contribution in [3.05, 3.63) is 48.2 Å². The Bertz CT molecular complexity index is 939. The van der Waals surface area contributed by atoms with Crippen LogP contribution in [0, 0.1) is 0 Å². The molecule has 1 aliphatic rings. The van der Waals surface area contributed by atoms with Gasteiger partial charge in [0.25, 0.3) is 0 Å². The highest BCUT2D eigenvalue weighted by molar-refractivity contribution is 6.05. The van der Waals surface area contributed by atoms with E-state index in [1.165, 1.54) is 20.0 Å². The van der Waals surface area contributed by atoms with Crippen molar-refractivity contribution in [3.63, 3.8) is 0 Å². The molecule has 1 aromatic heterocycles. The third kappa shape index (κ3) is 2.76. The molecule has 1 aliphatic carbocycles. The van der Waals surface area contributed by atoms with Crippen LogP contribution >= 0.6 is 0 Å². The van der Waals surface area contributed by atoms with Crippen molar-refractivity contribution in [3.8, 4) is 16.9 Å². The lowest BCUT2D eigenvalue weighted by molar-refractivity contribution is 0.0603. The van der Waals surface area contributed by atoms with Crippen molar-refractivity contribution in [1.29, 1.82) is 0 Å². The molecule has 128 valence electrons. The second kappa shape index (κ2) is 6.24. The molecule has 25 heavy (non-hydrogen) atoms. The van der Waals surface area contributed by atoms with Gasteiger partial charge in [-0.15, -0.1) is 0 Å². The monoisotopic (exact) mass is 336 g/mol. The minimum atomic E-state index is -0.377. The number of aromatic nitrogens is 2. The molecule has 0 atom stereocenters. The third-order valence-corrected chi connectivity index (χ3v) is 4.97. The van der Waals surface area contributed by atoms with Crippen LogP contribution in [0.15, 0.2) is 42.6 Å². The van der Waals surface area contributed by atoms with Crippen LogP contribution in [0.25, 0.3) is 22.0 Å². The van der Waals surface area contributed by atoms with Gasteiger partial charge >= 0.3 is 5.97 Å². The number of benzene rings is 2. The number of methoxy groups -OCH3 is 1. The molecular formula is C20H20N2O3. The van der Waals surface area contributed by atoms with E-state index in [0.29, 0.717) is 11.6 Å². The van der Waals surface area contributed by atoms with E-state index in [9.17, 15) is 9.90 Å². The summed E-state index contributed by atoms with van der Waals surface area (Å²) in [6.07, 6.45) is 6.40. The first-order valence-electron chi connectivity index (χ1n) is 8.56. The molecule has 1 N–H and O–H groups in total. The third-order valence-electron chi connectivity index (χ3n) is 4.97. The Balaban J connectivity index is 1.94. The van der Waals surface area contributed by atoms with E-state index < -0.39 is 0 Å². The van der Waals surface area contributed by atoms with Crippen molar-refractivity contribution in [2.75, 3.05) is 7.11 Å². The number of carbonyl (C=O) groups excluding carboxylic acids is 1. The van der Waals surface area contributed by atoms with E-state index >= 15 is 0 Å². The molecule has 2 aromatic carbocycles. The van der Waals surface area contributed by atoms with Crippen LogP contribution in [0.1, 0.15) is 42.1 Å². The summed E-state index contributed by atoms with van der Waals surface area (Å²) in [4.78, 5) is 12.3. The molecule has 4 rings (SSSR count). The standard InChI is InChI=1S/C20H20N2O3/c1-25-20(24)17-10-14(13-5-4-8-16(23)9-13)11-19-18(17)12-21-22(19)15-6-2-3-7-15/h4-5,8-12,15,23H,2-3,6-7H2,1H3. The molecule has 0 bridgehead atoms. The summed E-state index contributed by atoms with van der Waals surface area (Å²) in [7, 11) is 1.39. The zero-order chi connectivity index (χ0) is 17.4. The number of phenols is 1. The predicted molar refractivity (Wildman–Crippen MR) is 95.7 cm³/mol. The van der Waals surface area contributed by atoms with Crippen molar-refractivity contribution in [1.82, 2.24) is 9.78 Å². The van der Waals surface area contributed by atoms with E-state index in [2.05, 4.69) is 5.10 Å². The summed E-state index contributed by atoms with van der Waals surface area (Å²) < 4.78 is 7.01. The maximum atomic E-state index is 12.3. The number of nitrogens with zero attached hydrogens (tertiary/aromatic N) is 2. The van der Waals surface area contributed by atoms with Crippen LogP contribution in [-0.4, -0.2) is 28.0 Å². The molecule has 5 heteroatoms. The van der Waals surface area contributed by atoms with Gasteiger partial charge in [-0.1, -0.05) is 25.0 Å². The minimum Gasteiger partial charge on any atom is -0.508 e. The number of hydrogen-bond donors (Lipinski definition) is 1. The maximum Gasteiger partial charge on any atom is 0.338 e. The smallest absolute Gasteiger partial charge is 0.338 e. The number of aromatic hydroxyl groups is 1. The zero-order valence-electron chi connectivity index (χ0n) is 14.1. The molecule has 1 saturated carbocycles. The molecule has 1 heterocycles. The summed E-state index contributed by atoms with van der Waals surface area (Å²) in [6.45, 7) is 0. The van der Waals surface area contributed by atoms with E-state index in [4.69, 9.17) is 4.74 Å². The van der Waals surface area contributed by atoms with Gasteiger partial charge in [0.1, 0.15) is 5.75 Å². The molecule has 0 unspecified atom stereocenters. The average Bonchev–Trinajstić information content (AvgIpc) is 3.29. The van der Waals surface area contributed by atoms with Crippen molar-refractivity contribution in [2.45, 2.75) is 31.7 Å². The average molecular weight is 336 g/mol. The summed E-state index contributed by atoms with van der Waals surface area (Å²) in [6, 6.07) is 11.3. The van der Waals surface area contributed by atoms with Crippen LogP contribution in [0.3, 0.4) is 0 Å². The topological polar surface area (TPSA) is 64.3 Å². The van der Waals surface area contributed by atoms with E-state index in [-0.39, 0.29) is 11.7 Å². The number of hydrogen-bond acceptors (Lipinski definition) is 4. The molecule has 5 nitrogen and oxygen atoms in total. The summed E-state index contributed by atoms with van der Waals surface area (Å²) in [5.74, 6) is -0.181. The van der Waals surface area contributed by atoms with Crippen LogP contribution < -0.4 is 0 Å². The second-order valence-electron chi connectivity index (χ2n) is 6.53. The molecule has 0 amide bonds. The van der Waals surface area contributed by atoms with Crippen LogP contribution in [0.5, 0.6) is 5.75 Å². The zero-order valence-corrected chi connectivity index (χ0v) is 14.1. The Morgan fingerprint density at radius 1 is 1.20 bits per heavy atom. The first-order chi connectivity index (χ1) is 12.2. The van der Waals surface area contributed by atoms with E-state index in [1.54, 1.807) is 24.4 Å². The molecule has 3 aromatic rings. The number of ether oxygens (including phenoxy) is 1. The Morgan fingerprint density at radius 3 is 2.72 bits per heavy atom. The maximum absolute atomic E-state index is 12.3. The van der Waals surface area contributed by atoms with E-state index in [1.807, 2.05) is 22.9 Å². The lowest BCUT2D eigenvalue weighted by atomic mass is 10.00. The second-order valence-corrected chi connectivity index (χ2v) is 6.53. The van der Waals surface area contributed by atoms with E-state index in [0.717, 1.165) is 34.9 Å². The normalized spacial score (nSPS) is 14.9. The number of esters is 1. The molecule has 0 aliphatic heterocycles. The SMILES string of the molecule is COC(=O)c1cc(-c2cccc(O)c2)cc2c1cnn2C1CCCC1. The minimum absolute atomic E-state index is 0.196. The molecule has 0 radical (unpaired) electrons. The van der Waals surface area contributed by atoms with Crippen LogP contribution in [0.4, 0.5) is 0 Å². The van der Waals surface area contributed by atoms with Gasteiger partial charge in [0.15, 0.2) is 0 Å². The number of carbonyl (C=O) groups is 1. The summed E-state index contributed by atoms with van der Waals surface area (Å²) in [5.41, 5.74) is 3.16. The summed E-state index contributed by atoms with van der Waals surface area (Å²) in [5, 5.41) is 15.2. The highest BCUT2D eigenvalue weighted by Crippen LogP contribution is 2.35. The van der Waals surface area contributed by atoms with Gasteiger partial charge in [-0.25, -0.2) is 4.79 Å². The fourth-order valence-electron chi connectivity index (χ4n) is 3.72. The highest BCUT2D eigenvalue weighted by atomic mass is 16.5. The van der Waals surface area contributed by atoms with Gasteiger partial charge in [0.05, 0.1) is 30.4 Å². The van der Waals surface area contributed by atoms with Crippen molar-refractivity contribution >= 4 is 16.9 Å². The lowest BCUT2D eigenvalue weighted by Gasteiger charge is -2.13. The van der Waals surface area contributed by atoms with Gasteiger partial charge in [-0.05, 0) is 48.2 Å². The quantitative estimate of drug-likeness (QED) is 0.724. The summed E-state index contributed by atoms with van der Waals surface area (Å²) >= 11 is 0. The fourth-order valence-corrected chi connectivity index (χ4v) is 3.72. The Morgan fingerprint density at radius 2 is 2.00 bits per heavy atom. The van der Waals surface area contributed by atoms with Crippen molar-refractivity contribution in [2.24, 2.45) is 0 Å². The lowest BCUT2D eigenvalue weighted by Crippen LogP contribution is -2.07. The molecular weight excluding hydrogens is 316 g/mol. The molecule has 0 saturated heterocycles. The fraction of sp³-hybridized carbons (Fsp3) is 0.300. The van der Waals surface area contributed by atoms with Gasteiger partial charge in [-0.2, -0.15) is 5.10 Å². The first kappa shape index (κ1) is 15.7. The van der Waals surface area contributed by atoms with Gasteiger partial charge in [-0.3, -0.25) is 4.68 Å².